The van der Waals surface area contributed by atoms with E-state index >= 15 is 0 Å². The third-order valence-electron chi connectivity index (χ3n) is 1.56. The average molecular weight is 204 g/mol. The lowest BCUT2D eigenvalue weighted by atomic mass is 10.3. The third kappa shape index (κ3) is 2.04. The van der Waals surface area contributed by atoms with Crippen LogP contribution in [-0.2, 0) is 4.18 Å². The first-order chi connectivity index (χ1) is 5.97. The van der Waals surface area contributed by atoms with Crippen LogP contribution in [0.5, 0.6) is 0 Å². The summed E-state index contributed by atoms with van der Waals surface area (Å²) in [6, 6.07) is 4.45. The number of rotatable bonds is 2. The van der Waals surface area contributed by atoms with E-state index in [2.05, 4.69) is 4.18 Å². The largest absolute Gasteiger partial charge is 0.399 e. The minimum Gasteiger partial charge on any atom is -0.399 e. The van der Waals surface area contributed by atoms with Crippen LogP contribution < -0.4 is 11.5 Å². The molecule has 0 saturated carbocycles. The van der Waals surface area contributed by atoms with E-state index in [1.54, 1.807) is 6.07 Å². The van der Waals surface area contributed by atoms with Gasteiger partial charge in [0.1, 0.15) is 10.9 Å². The molecule has 0 atom stereocenters. The second-order valence-electron chi connectivity index (χ2n) is 2.46. The van der Waals surface area contributed by atoms with Crippen LogP contribution in [0.4, 0.5) is 11.4 Å². The number of hydrogen-bond donors (Lipinski definition) is 4. The molecule has 0 aliphatic rings. The summed E-state index contributed by atoms with van der Waals surface area (Å²) in [5.41, 5.74) is 11.6. The molecule has 1 aromatic rings. The topological polar surface area (TPSA) is 102 Å². The van der Waals surface area contributed by atoms with Crippen LogP contribution in [0.1, 0.15) is 0 Å². The average Bonchev–Trinajstić information content (AvgIpc) is 2.09. The van der Waals surface area contributed by atoms with Gasteiger partial charge in [-0.1, -0.05) is 0 Å². The molecule has 0 amide bonds. The van der Waals surface area contributed by atoms with E-state index in [1.807, 2.05) is 0 Å². The predicted molar refractivity (Wildman–Crippen MR) is 53.4 cm³/mol. The smallest absolute Gasteiger partial charge is 0.117 e. The number of hydrogen-bond acceptors (Lipinski definition) is 5. The highest BCUT2D eigenvalue weighted by Crippen LogP contribution is 2.51. The van der Waals surface area contributed by atoms with Gasteiger partial charge in [0.05, 0.1) is 17.7 Å². The monoisotopic (exact) mass is 204 g/mol. The van der Waals surface area contributed by atoms with Gasteiger partial charge in [0.15, 0.2) is 0 Å². The first-order valence-electron chi connectivity index (χ1n) is 3.46. The molecule has 0 unspecified atom stereocenters. The van der Waals surface area contributed by atoms with Crippen LogP contribution in [0.2, 0.25) is 0 Å². The van der Waals surface area contributed by atoms with Crippen molar-refractivity contribution in [2.45, 2.75) is 4.90 Å². The molecular weight excluding hydrogens is 192 g/mol. The summed E-state index contributed by atoms with van der Waals surface area (Å²) in [7, 11) is -2.06. The van der Waals surface area contributed by atoms with Crippen molar-refractivity contribution >= 4 is 22.2 Å². The van der Waals surface area contributed by atoms with E-state index in [0.717, 1.165) is 0 Å². The number of nitrogens with two attached hydrogens (primary N) is 2. The zero-order valence-electron chi connectivity index (χ0n) is 7.10. The molecule has 1 aromatic carbocycles. The molecule has 0 aliphatic heterocycles. The van der Waals surface area contributed by atoms with Crippen molar-refractivity contribution < 1.29 is 13.3 Å². The van der Waals surface area contributed by atoms with E-state index in [1.165, 1.54) is 19.2 Å². The van der Waals surface area contributed by atoms with Crippen molar-refractivity contribution in [3.63, 3.8) is 0 Å². The van der Waals surface area contributed by atoms with E-state index < -0.39 is 10.9 Å². The van der Waals surface area contributed by atoms with Gasteiger partial charge < -0.3 is 20.6 Å². The van der Waals surface area contributed by atoms with Gasteiger partial charge in [-0.3, -0.25) is 4.18 Å². The van der Waals surface area contributed by atoms with E-state index in [4.69, 9.17) is 11.5 Å². The van der Waals surface area contributed by atoms with Gasteiger partial charge in [-0.05, 0) is 18.2 Å². The lowest BCUT2D eigenvalue weighted by molar-refractivity contribution is 0.319. The quantitative estimate of drug-likeness (QED) is 0.547. The maximum absolute atomic E-state index is 9.38. The first-order valence-corrected chi connectivity index (χ1v) is 4.93. The van der Waals surface area contributed by atoms with Crippen molar-refractivity contribution in [2.24, 2.45) is 0 Å². The molecule has 0 saturated heterocycles. The van der Waals surface area contributed by atoms with Crippen LogP contribution in [0.25, 0.3) is 0 Å². The summed E-state index contributed by atoms with van der Waals surface area (Å²) in [6.07, 6.45) is 0. The van der Waals surface area contributed by atoms with Gasteiger partial charge in [-0.15, -0.1) is 0 Å². The highest BCUT2D eigenvalue weighted by molar-refractivity contribution is 8.20. The Hall–Kier alpha value is -0.950. The number of anilines is 2. The van der Waals surface area contributed by atoms with Crippen LogP contribution in [0.3, 0.4) is 0 Å². The molecule has 1 rings (SSSR count). The van der Waals surface area contributed by atoms with Crippen molar-refractivity contribution in [1.82, 2.24) is 0 Å². The SMILES string of the molecule is COS(O)(O)c1cc(N)ccc1N. The Morgan fingerprint density at radius 1 is 1.31 bits per heavy atom. The Bertz CT molecular complexity index is 317. The normalized spacial score (nSPS) is 12.8. The van der Waals surface area contributed by atoms with Crippen molar-refractivity contribution in [1.29, 1.82) is 0 Å². The summed E-state index contributed by atoms with van der Waals surface area (Å²) in [5, 5.41) is 0. The van der Waals surface area contributed by atoms with Gasteiger partial charge in [-0.2, -0.15) is 0 Å². The molecule has 0 spiro atoms. The third-order valence-corrected chi connectivity index (χ3v) is 2.95. The highest BCUT2D eigenvalue weighted by atomic mass is 32.3. The molecule has 6 heteroatoms. The summed E-state index contributed by atoms with van der Waals surface area (Å²) >= 11 is 0. The Morgan fingerprint density at radius 3 is 2.46 bits per heavy atom. The van der Waals surface area contributed by atoms with Crippen LogP contribution in [0.15, 0.2) is 23.1 Å². The molecule has 6 N–H and O–H groups in total. The van der Waals surface area contributed by atoms with Crippen LogP contribution in [-0.4, -0.2) is 16.2 Å². The second-order valence-corrected chi connectivity index (χ2v) is 4.23. The van der Waals surface area contributed by atoms with Crippen molar-refractivity contribution in [3.05, 3.63) is 18.2 Å². The summed E-state index contributed by atoms with van der Waals surface area (Å²) in [5.74, 6) is 0. The molecule has 0 fully saturated rings. The molecular formula is C7H12N2O3S. The standard InChI is InChI=1S/C7H12N2O3S/c1-12-13(10,11)7-4-5(8)2-3-6(7)9/h2-4,10-11H,8-9H2,1H3. The van der Waals surface area contributed by atoms with Gasteiger partial charge in [-0.25, -0.2) is 0 Å². The number of nitrogen functional groups attached to an aromatic ring is 2. The molecule has 0 aliphatic carbocycles. The maximum Gasteiger partial charge on any atom is 0.117 e. The second kappa shape index (κ2) is 3.43. The maximum atomic E-state index is 9.38. The van der Waals surface area contributed by atoms with E-state index in [0.29, 0.717) is 5.69 Å². The zero-order valence-corrected chi connectivity index (χ0v) is 7.91. The molecule has 0 bridgehead atoms. The Morgan fingerprint density at radius 2 is 1.92 bits per heavy atom. The Labute approximate surface area is 77.9 Å². The van der Waals surface area contributed by atoms with E-state index in [-0.39, 0.29) is 10.6 Å². The van der Waals surface area contributed by atoms with Gasteiger partial charge in [0, 0.05) is 5.69 Å². The summed E-state index contributed by atoms with van der Waals surface area (Å²) in [4.78, 5) is 0.120. The lowest BCUT2D eigenvalue weighted by Gasteiger charge is -2.25. The van der Waals surface area contributed by atoms with Crippen LogP contribution in [0, 0.1) is 0 Å². The Kier molecular flexibility index (Phi) is 2.67. The molecule has 0 aromatic heterocycles. The molecule has 5 nitrogen and oxygen atoms in total. The van der Waals surface area contributed by atoms with Crippen LogP contribution >= 0.6 is 10.9 Å². The summed E-state index contributed by atoms with van der Waals surface area (Å²) < 4.78 is 23.3. The van der Waals surface area contributed by atoms with Gasteiger partial charge in [0.25, 0.3) is 0 Å². The molecule has 74 valence electrons. The summed E-state index contributed by atoms with van der Waals surface area (Å²) in [6.45, 7) is 0. The first kappa shape index (κ1) is 10.1. The Balaban J connectivity index is 3.20. The lowest BCUT2D eigenvalue weighted by Crippen LogP contribution is -2.04. The fraction of sp³-hybridized carbons (Fsp3) is 0.143. The highest BCUT2D eigenvalue weighted by Gasteiger charge is 2.22. The molecule has 0 radical (unpaired) electrons. The fourth-order valence-corrected chi connectivity index (χ4v) is 1.72. The van der Waals surface area contributed by atoms with Crippen molar-refractivity contribution in [3.8, 4) is 0 Å². The fourth-order valence-electron chi connectivity index (χ4n) is 0.871. The van der Waals surface area contributed by atoms with Gasteiger partial charge >= 0.3 is 0 Å². The minimum atomic E-state index is -3.26. The molecule has 13 heavy (non-hydrogen) atoms. The zero-order chi connectivity index (χ0) is 10.1. The molecule has 0 heterocycles. The predicted octanol–water partition coefficient (Wildman–Crippen LogP) is 1.52. The van der Waals surface area contributed by atoms with Crippen molar-refractivity contribution in [2.75, 3.05) is 18.6 Å². The minimum absolute atomic E-state index is 0.120. The number of benzene rings is 1. The van der Waals surface area contributed by atoms with E-state index in [9.17, 15) is 9.11 Å². The van der Waals surface area contributed by atoms with Gasteiger partial charge in [0.2, 0.25) is 0 Å².